The van der Waals surface area contributed by atoms with Gasteiger partial charge in [-0.25, -0.2) is 0 Å². The molecule has 0 atom stereocenters. The molecular formula is C20H21N3O2. The Kier molecular flexibility index (Phi) is 4.95. The van der Waals surface area contributed by atoms with E-state index in [0.717, 1.165) is 28.6 Å². The van der Waals surface area contributed by atoms with Crippen LogP contribution in [-0.4, -0.2) is 29.9 Å². The Labute approximate surface area is 146 Å². The van der Waals surface area contributed by atoms with Gasteiger partial charge in [-0.15, -0.1) is 0 Å². The smallest absolute Gasteiger partial charge is 0.261 e. The van der Waals surface area contributed by atoms with Gasteiger partial charge in [0.15, 0.2) is 0 Å². The van der Waals surface area contributed by atoms with E-state index >= 15 is 0 Å². The van der Waals surface area contributed by atoms with Gasteiger partial charge in [-0.2, -0.15) is 0 Å². The van der Waals surface area contributed by atoms with Crippen LogP contribution in [0.15, 0.2) is 59.4 Å². The molecule has 2 N–H and O–H groups in total. The molecule has 0 fully saturated rings. The molecule has 0 bridgehead atoms. The van der Waals surface area contributed by atoms with Crippen molar-refractivity contribution in [2.75, 3.05) is 14.1 Å². The van der Waals surface area contributed by atoms with E-state index in [4.69, 9.17) is 0 Å². The molecule has 3 rings (SSSR count). The Morgan fingerprint density at radius 3 is 2.48 bits per heavy atom. The Bertz CT molecular complexity index is 960. The predicted molar refractivity (Wildman–Crippen MR) is 99.6 cm³/mol. The number of carbonyl (C=O) groups is 1. The summed E-state index contributed by atoms with van der Waals surface area (Å²) in [6.45, 7) is 1.18. The predicted octanol–water partition coefficient (Wildman–Crippen LogP) is 2.52. The number of hydrogen-bond donors (Lipinski definition) is 2. The van der Waals surface area contributed by atoms with Crippen LogP contribution in [0.3, 0.4) is 0 Å². The first kappa shape index (κ1) is 16.9. The van der Waals surface area contributed by atoms with Crippen LogP contribution in [0.2, 0.25) is 0 Å². The second-order valence-corrected chi connectivity index (χ2v) is 6.29. The lowest BCUT2D eigenvalue weighted by molar-refractivity contribution is 0.0949. The van der Waals surface area contributed by atoms with Crippen molar-refractivity contribution in [3.05, 3.63) is 81.6 Å². The molecule has 0 saturated carbocycles. The molecule has 1 aromatic heterocycles. The molecule has 5 nitrogen and oxygen atoms in total. The number of fused-ring (bicyclic) bond motifs is 1. The zero-order chi connectivity index (χ0) is 17.8. The van der Waals surface area contributed by atoms with Gasteiger partial charge in [0.1, 0.15) is 5.56 Å². The molecule has 0 radical (unpaired) electrons. The number of H-pyrrole nitrogens is 1. The van der Waals surface area contributed by atoms with E-state index in [0.29, 0.717) is 6.54 Å². The number of pyridine rings is 1. The first-order chi connectivity index (χ1) is 12.0. The van der Waals surface area contributed by atoms with E-state index < -0.39 is 0 Å². The average Bonchev–Trinajstić information content (AvgIpc) is 2.59. The number of aromatic amines is 1. The minimum absolute atomic E-state index is 0.129. The maximum Gasteiger partial charge on any atom is 0.261 e. The van der Waals surface area contributed by atoms with E-state index in [9.17, 15) is 9.59 Å². The highest BCUT2D eigenvalue weighted by molar-refractivity contribution is 5.97. The fourth-order valence-corrected chi connectivity index (χ4v) is 2.81. The molecule has 1 amide bonds. The first-order valence-electron chi connectivity index (χ1n) is 8.16. The highest BCUT2D eigenvalue weighted by Gasteiger charge is 2.12. The Morgan fingerprint density at radius 2 is 1.72 bits per heavy atom. The molecule has 0 aliphatic carbocycles. The average molecular weight is 335 g/mol. The summed E-state index contributed by atoms with van der Waals surface area (Å²) in [5.74, 6) is -0.369. The van der Waals surface area contributed by atoms with Gasteiger partial charge in [0, 0.05) is 18.6 Å². The van der Waals surface area contributed by atoms with Gasteiger partial charge in [0.2, 0.25) is 0 Å². The van der Waals surface area contributed by atoms with Crippen LogP contribution in [0.4, 0.5) is 0 Å². The fourth-order valence-electron chi connectivity index (χ4n) is 2.81. The van der Waals surface area contributed by atoms with Crippen molar-refractivity contribution in [3.8, 4) is 0 Å². The summed E-state index contributed by atoms with van der Waals surface area (Å²) >= 11 is 0. The molecular weight excluding hydrogens is 314 g/mol. The Balaban J connectivity index is 1.80. The molecule has 0 spiro atoms. The number of amides is 1. The first-order valence-corrected chi connectivity index (χ1v) is 8.16. The Morgan fingerprint density at radius 1 is 1.04 bits per heavy atom. The van der Waals surface area contributed by atoms with Gasteiger partial charge in [-0.05, 0) is 42.7 Å². The topological polar surface area (TPSA) is 65.2 Å². The van der Waals surface area contributed by atoms with Gasteiger partial charge in [0.05, 0.1) is 0 Å². The van der Waals surface area contributed by atoms with Crippen molar-refractivity contribution >= 4 is 16.8 Å². The summed E-state index contributed by atoms with van der Waals surface area (Å²) in [5.41, 5.74) is 2.67. The van der Waals surface area contributed by atoms with E-state index in [1.54, 1.807) is 6.07 Å². The summed E-state index contributed by atoms with van der Waals surface area (Å²) in [4.78, 5) is 29.5. The minimum atomic E-state index is -0.377. The van der Waals surface area contributed by atoms with Gasteiger partial charge >= 0.3 is 0 Å². The van der Waals surface area contributed by atoms with Crippen LogP contribution < -0.4 is 10.9 Å². The van der Waals surface area contributed by atoms with Crippen LogP contribution in [-0.2, 0) is 13.1 Å². The van der Waals surface area contributed by atoms with Crippen molar-refractivity contribution < 1.29 is 4.79 Å². The molecule has 5 heteroatoms. The maximum absolute atomic E-state index is 12.5. The normalized spacial score (nSPS) is 11.0. The molecule has 3 aromatic rings. The van der Waals surface area contributed by atoms with Crippen LogP contribution >= 0.6 is 0 Å². The summed E-state index contributed by atoms with van der Waals surface area (Å²) in [6, 6.07) is 17.0. The molecule has 25 heavy (non-hydrogen) atoms. The lowest BCUT2D eigenvalue weighted by Gasteiger charge is -2.14. The summed E-state index contributed by atoms with van der Waals surface area (Å²) in [7, 11) is 4.01. The monoisotopic (exact) mass is 335 g/mol. The zero-order valence-electron chi connectivity index (χ0n) is 14.4. The van der Waals surface area contributed by atoms with Crippen molar-refractivity contribution in [2.45, 2.75) is 13.1 Å². The number of hydrogen-bond acceptors (Lipinski definition) is 3. The van der Waals surface area contributed by atoms with E-state index in [1.807, 2.05) is 62.6 Å². The van der Waals surface area contributed by atoms with Crippen molar-refractivity contribution in [3.63, 3.8) is 0 Å². The molecule has 128 valence electrons. The van der Waals surface area contributed by atoms with E-state index in [-0.39, 0.29) is 17.0 Å². The summed E-state index contributed by atoms with van der Waals surface area (Å²) in [6.07, 6.45) is 0. The highest BCUT2D eigenvalue weighted by atomic mass is 16.2. The zero-order valence-corrected chi connectivity index (χ0v) is 14.4. The number of para-hydroxylation sites is 1. The maximum atomic E-state index is 12.5. The van der Waals surface area contributed by atoms with E-state index in [2.05, 4.69) is 15.2 Å². The molecule has 0 aliphatic rings. The third-order valence-electron chi connectivity index (χ3n) is 4.04. The van der Waals surface area contributed by atoms with Gasteiger partial charge in [0.25, 0.3) is 11.5 Å². The van der Waals surface area contributed by atoms with Crippen LogP contribution in [0, 0.1) is 0 Å². The van der Waals surface area contributed by atoms with Crippen LogP contribution in [0.1, 0.15) is 21.5 Å². The largest absolute Gasteiger partial charge is 0.348 e. The van der Waals surface area contributed by atoms with Crippen molar-refractivity contribution in [1.82, 2.24) is 15.2 Å². The fraction of sp³-hybridized carbons (Fsp3) is 0.200. The summed E-state index contributed by atoms with van der Waals surface area (Å²) in [5, 5.41) is 3.69. The Hall–Kier alpha value is -2.92. The number of nitrogens with one attached hydrogen (secondary N) is 2. The second kappa shape index (κ2) is 7.32. The number of benzene rings is 2. The number of carbonyl (C=O) groups excluding carboxylic acids is 1. The van der Waals surface area contributed by atoms with Crippen molar-refractivity contribution in [1.29, 1.82) is 0 Å². The SMILES string of the molecule is CN(C)Cc1ccccc1CNC(=O)c1cc2ccccc2[nH]c1=O. The third kappa shape index (κ3) is 3.95. The lowest BCUT2D eigenvalue weighted by atomic mass is 10.1. The second-order valence-electron chi connectivity index (χ2n) is 6.29. The highest BCUT2D eigenvalue weighted by Crippen LogP contribution is 2.12. The minimum Gasteiger partial charge on any atom is -0.348 e. The number of nitrogens with zero attached hydrogens (tertiary/aromatic N) is 1. The van der Waals surface area contributed by atoms with Gasteiger partial charge < -0.3 is 15.2 Å². The van der Waals surface area contributed by atoms with Gasteiger partial charge in [-0.3, -0.25) is 9.59 Å². The molecule has 0 saturated heterocycles. The number of rotatable bonds is 5. The molecule has 0 aliphatic heterocycles. The molecule has 0 unspecified atom stereocenters. The van der Waals surface area contributed by atoms with Gasteiger partial charge in [-0.1, -0.05) is 42.5 Å². The van der Waals surface area contributed by atoms with Crippen LogP contribution in [0.25, 0.3) is 10.9 Å². The van der Waals surface area contributed by atoms with Crippen LogP contribution in [0.5, 0.6) is 0 Å². The number of aromatic nitrogens is 1. The van der Waals surface area contributed by atoms with E-state index in [1.165, 1.54) is 0 Å². The quantitative estimate of drug-likeness (QED) is 0.753. The third-order valence-corrected chi connectivity index (χ3v) is 4.04. The van der Waals surface area contributed by atoms with Crippen molar-refractivity contribution in [2.24, 2.45) is 0 Å². The standard InChI is InChI=1S/C20H21N3O2/c1-23(2)13-16-9-4-3-8-15(16)12-21-19(24)17-11-14-7-5-6-10-18(14)22-20(17)25/h3-11H,12-13H2,1-2H3,(H,21,24)(H,22,25). The lowest BCUT2D eigenvalue weighted by Crippen LogP contribution is -2.29. The molecule has 1 heterocycles. The summed E-state index contributed by atoms with van der Waals surface area (Å²) < 4.78 is 0. The molecule has 2 aromatic carbocycles.